The summed E-state index contributed by atoms with van der Waals surface area (Å²) in [6.07, 6.45) is -3.33. The number of nitrogens with zero attached hydrogens (tertiary/aromatic N) is 3. The average Bonchev–Trinajstić information content (AvgIpc) is 2.64. The monoisotopic (exact) mass is 268 g/mol. The van der Waals surface area contributed by atoms with Gasteiger partial charge in [-0.1, -0.05) is 0 Å². The quantitative estimate of drug-likeness (QED) is 0.452. The molecule has 2 rings (SSSR count). The molecule has 2 heterocycles. The van der Waals surface area contributed by atoms with Gasteiger partial charge in [-0.3, -0.25) is 4.57 Å². The van der Waals surface area contributed by atoms with Crippen molar-refractivity contribution in [3.63, 3.8) is 0 Å². The number of anilines is 1. The second-order valence-electron chi connectivity index (χ2n) is 4.15. The van der Waals surface area contributed by atoms with Crippen LogP contribution in [0.4, 0.5) is 5.82 Å². The van der Waals surface area contributed by atoms with Crippen LogP contribution in [0.2, 0.25) is 0 Å². The summed E-state index contributed by atoms with van der Waals surface area (Å²) in [5.41, 5.74) is 2.54. The Morgan fingerprint density at radius 3 is 2.79 bits per heavy atom. The fourth-order valence-electron chi connectivity index (χ4n) is 1.89. The molecule has 1 aliphatic heterocycles. The van der Waals surface area contributed by atoms with Gasteiger partial charge in [-0.15, -0.1) is 0 Å². The summed E-state index contributed by atoms with van der Waals surface area (Å²) >= 11 is 0. The molecule has 9 heteroatoms. The number of aliphatic hydroxyl groups excluding tert-OH is 3. The van der Waals surface area contributed by atoms with E-state index in [4.69, 9.17) is 20.8 Å². The molecule has 0 unspecified atom stereocenters. The number of nitrogen functional groups attached to an aromatic ring is 1. The van der Waals surface area contributed by atoms with Crippen molar-refractivity contribution in [1.82, 2.24) is 9.55 Å². The van der Waals surface area contributed by atoms with Gasteiger partial charge in [-0.25, -0.2) is 4.79 Å². The van der Waals surface area contributed by atoms with Crippen LogP contribution in [0.15, 0.2) is 17.1 Å². The van der Waals surface area contributed by atoms with Crippen LogP contribution in [0.3, 0.4) is 0 Å². The van der Waals surface area contributed by atoms with E-state index in [9.17, 15) is 15.0 Å². The van der Waals surface area contributed by atoms with Gasteiger partial charge in [0.05, 0.1) is 6.61 Å². The van der Waals surface area contributed by atoms with Gasteiger partial charge in [-0.2, -0.15) is 10.2 Å². The van der Waals surface area contributed by atoms with Crippen molar-refractivity contribution in [2.45, 2.75) is 24.0 Å². The minimum absolute atomic E-state index is 0.0111. The number of ether oxygens (including phenoxy) is 1. The maximum absolute atomic E-state index is 11.6. The molecule has 1 aromatic heterocycles. The summed E-state index contributed by atoms with van der Waals surface area (Å²) in [4.78, 5) is 15.1. The fourth-order valence-corrected chi connectivity index (χ4v) is 1.89. The number of hydrogen-bond acceptors (Lipinski definition) is 8. The summed E-state index contributed by atoms with van der Waals surface area (Å²) in [5, 5.41) is 37.7. The molecular weight excluding hydrogens is 256 g/mol. The van der Waals surface area contributed by atoms with E-state index in [1.54, 1.807) is 6.07 Å². The van der Waals surface area contributed by atoms with Crippen LogP contribution >= 0.6 is 0 Å². The molecule has 102 valence electrons. The van der Waals surface area contributed by atoms with Crippen molar-refractivity contribution < 1.29 is 20.1 Å². The third kappa shape index (κ3) is 1.96. The lowest BCUT2D eigenvalue weighted by Crippen LogP contribution is -2.45. The first-order chi connectivity index (χ1) is 8.95. The Hall–Kier alpha value is -1.99. The highest BCUT2D eigenvalue weighted by Crippen LogP contribution is 2.35. The maximum atomic E-state index is 11.6. The average molecular weight is 268 g/mol. The van der Waals surface area contributed by atoms with E-state index in [0.717, 1.165) is 4.57 Å². The van der Waals surface area contributed by atoms with Crippen molar-refractivity contribution in [3.05, 3.63) is 22.7 Å². The molecule has 0 aliphatic carbocycles. The zero-order valence-electron chi connectivity index (χ0n) is 9.67. The molecule has 1 aromatic rings. The predicted octanol–water partition coefficient (Wildman–Crippen LogP) is -2.67. The van der Waals surface area contributed by atoms with E-state index in [1.165, 1.54) is 12.3 Å². The van der Waals surface area contributed by atoms with Crippen LogP contribution in [0.5, 0.6) is 0 Å². The summed E-state index contributed by atoms with van der Waals surface area (Å²) in [5.74, 6) is -0.0111. The number of nitriles is 1. The first-order valence-corrected chi connectivity index (χ1v) is 5.36. The Kier molecular flexibility index (Phi) is 3.25. The van der Waals surface area contributed by atoms with Crippen LogP contribution in [-0.4, -0.2) is 49.3 Å². The smallest absolute Gasteiger partial charge is 0.351 e. The first kappa shape index (κ1) is 13.4. The number of hydrogen-bond donors (Lipinski definition) is 4. The Balaban J connectivity index is 2.43. The zero-order chi connectivity index (χ0) is 14.2. The van der Waals surface area contributed by atoms with Gasteiger partial charge in [0.15, 0.2) is 6.23 Å². The van der Waals surface area contributed by atoms with Crippen molar-refractivity contribution in [2.75, 3.05) is 12.3 Å². The third-order valence-electron chi connectivity index (χ3n) is 2.97. The Morgan fingerprint density at radius 2 is 2.32 bits per heavy atom. The van der Waals surface area contributed by atoms with Crippen LogP contribution in [0.25, 0.3) is 0 Å². The van der Waals surface area contributed by atoms with Crippen molar-refractivity contribution in [3.8, 4) is 6.07 Å². The Bertz CT molecular complexity index is 582. The number of nitrogens with two attached hydrogens (primary N) is 1. The van der Waals surface area contributed by atoms with Gasteiger partial charge in [0.25, 0.3) is 0 Å². The number of rotatable bonds is 2. The summed E-state index contributed by atoms with van der Waals surface area (Å²) in [6.45, 7) is -0.824. The highest BCUT2D eigenvalue weighted by molar-refractivity contribution is 5.24. The van der Waals surface area contributed by atoms with Gasteiger partial charge >= 0.3 is 5.69 Å². The minimum atomic E-state index is -1.98. The molecule has 1 saturated heterocycles. The standard InChI is InChI=1S/C10H12N4O5/c11-3-10(4-15)7(17)6(16)8(19-10)14-2-1-5(12)13-9(14)18/h1-2,6-8,15-17H,4H2,(H2,12,13,18)/t6-,7+,8-,10-/m1/s1. The number of aliphatic hydroxyl groups is 3. The van der Waals surface area contributed by atoms with Crippen LogP contribution in [0, 0.1) is 11.3 Å². The van der Waals surface area contributed by atoms with E-state index in [0.29, 0.717) is 0 Å². The molecule has 0 amide bonds. The molecule has 0 radical (unpaired) electrons. The Morgan fingerprint density at radius 1 is 1.63 bits per heavy atom. The van der Waals surface area contributed by atoms with E-state index >= 15 is 0 Å². The van der Waals surface area contributed by atoms with Crippen molar-refractivity contribution >= 4 is 5.82 Å². The normalized spacial score (nSPS) is 34.1. The molecule has 19 heavy (non-hydrogen) atoms. The SMILES string of the molecule is N#C[C@]1(CO)O[C@@H](n2ccc(N)nc2=O)[C@H](O)[C@@H]1O. The maximum Gasteiger partial charge on any atom is 0.351 e. The van der Waals surface area contributed by atoms with Crippen LogP contribution in [0.1, 0.15) is 6.23 Å². The molecule has 0 aromatic carbocycles. The van der Waals surface area contributed by atoms with Crippen molar-refractivity contribution in [2.24, 2.45) is 0 Å². The van der Waals surface area contributed by atoms with Crippen molar-refractivity contribution in [1.29, 1.82) is 5.26 Å². The molecule has 9 nitrogen and oxygen atoms in total. The second kappa shape index (κ2) is 4.60. The van der Waals surface area contributed by atoms with Crippen LogP contribution in [-0.2, 0) is 4.74 Å². The molecule has 4 atom stereocenters. The van der Waals surface area contributed by atoms with Gasteiger partial charge in [0, 0.05) is 6.20 Å². The summed E-state index contributed by atoms with van der Waals surface area (Å²) in [6, 6.07) is 2.90. The fraction of sp³-hybridized carbons (Fsp3) is 0.500. The first-order valence-electron chi connectivity index (χ1n) is 5.36. The highest BCUT2D eigenvalue weighted by atomic mass is 16.6. The van der Waals surface area contributed by atoms with E-state index in [2.05, 4.69) is 4.98 Å². The lowest BCUT2D eigenvalue weighted by molar-refractivity contribution is -0.0947. The molecule has 0 saturated carbocycles. The van der Waals surface area contributed by atoms with E-state index < -0.39 is 36.3 Å². The summed E-state index contributed by atoms with van der Waals surface area (Å²) < 4.78 is 6.04. The van der Waals surface area contributed by atoms with E-state index in [1.807, 2.05) is 0 Å². The summed E-state index contributed by atoms with van der Waals surface area (Å²) in [7, 11) is 0. The Labute approximate surface area is 107 Å². The molecule has 5 N–H and O–H groups in total. The molecule has 1 fully saturated rings. The second-order valence-corrected chi connectivity index (χ2v) is 4.15. The largest absolute Gasteiger partial charge is 0.392 e. The van der Waals surface area contributed by atoms with Gasteiger partial charge < -0.3 is 25.8 Å². The predicted molar refractivity (Wildman–Crippen MR) is 60.5 cm³/mol. The van der Waals surface area contributed by atoms with Crippen LogP contribution < -0.4 is 11.4 Å². The van der Waals surface area contributed by atoms with Gasteiger partial charge in [0.2, 0.25) is 5.60 Å². The lowest BCUT2D eigenvalue weighted by Gasteiger charge is -2.21. The zero-order valence-corrected chi connectivity index (χ0v) is 9.67. The van der Waals surface area contributed by atoms with Gasteiger partial charge in [-0.05, 0) is 6.07 Å². The molecule has 0 bridgehead atoms. The lowest BCUT2D eigenvalue weighted by atomic mass is 9.98. The highest BCUT2D eigenvalue weighted by Gasteiger charge is 2.55. The van der Waals surface area contributed by atoms with Gasteiger partial charge in [0.1, 0.15) is 24.1 Å². The third-order valence-corrected chi connectivity index (χ3v) is 2.97. The molecular formula is C10H12N4O5. The minimum Gasteiger partial charge on any atom is -0.392 e. The molecule has 1 aliphatic rings. The topological polar surface area (TPSA) is 155 Å². The van der Waals surface area contributed by atoms with E-state index in [-0.39, 0.29) is 5.82 Å². The number of aromatic nitrogens is 2. The molecule has 0 spiro atoms.